The van der Waals surface area contributed by atoms with Crippen molar-refractivity contribution in [2.24, 2.45) is 5.92 Å². The highest BCUT2D eigenvalue weighted by atomic mass is 31.1. The minimum absolute atomic E-state index is 0.0252. The van der Waals surface area contributed by atoms with E-state index in [2.05, 4.69) is 61.3 Å². The molecule has 20 nitrogen and oxygen atoms in total. The molecule has 3 unspecified atom stereocenters. The van der Waals surface area contributed by atoms with E-state index in [1.165, 1.54) is 12.7 Å². The Labute approximate surface area is 363 Å². The van der Waals surface area contributed by atoms with Crippen molar-refractivity contribution in [3.8, 4) is 0 Å². The average Bonchev–Trinajstić information content (AvgIpc) is 4.01. The van der Waals surface area contributed by atoms with Crippen LogP contribution < -0.4 is 21.5 Å². The van der Waals surface area contributed by atoms with E-state index in [4.69, 9.17) is 18.4 Å². The quantitative estimate of drug-likeness (QED) is 0.0671. The first kappa shape index (κ1) is 44.4. The zero-order valence-corrected chi connectivity index (χ0v) is 37.9. The molecule has 2 aliphatic rings. The lowest BCUT2D eigenvalue weighted by Gasteiger charge is -2.40. The van der Waals surface area contributed by atoms with Crippen LogP contribution in [0.3, 0.4) is 0 Å². The molecule has 0 bridgehead atoms. The molecule has 0 aliphatic carbocycles. The van der Waals surface area contributed by atoms with Crippen molar-refractivity contribution >= 4 is 56.3 Å². The Morgan fingerprint density at radius 3 is 2.29 bits per heavy atom. The third-order valence-corrected chi connectivity index (χ3v) is 17.5. The van der Waals surface area contributed by atoms with Crippen LogP contribution in [-0.2, 0) is 29.4 Å². The molecule has 0 saturated carbocycles. The second-order valence-electron chi connectivity index (χ2n) is 17.6. The number of nitrogens with zero attached hydrogens (tertiary/aromatic N) is 8. The number of carbonyl (C=O) groups excluding carboxylic acids is 1. The molecule has 2 fully saturated rings. The molecule has 1 amide bonds. The summed E-state index contributed by atoms with van der Waals surface area (Å²) >= 11 is 0. The number of anilines is 2. The zero-order chi connectivity index (χ0) is 45.1. The van der Waals surface area contributed by atoms with Crippen LogP contribution in [0.5, 0.6) is 0 Å². The molecule has 8 rings (SSSR count). The molecule has 6 aromatic rings. The third-order valence-electron chi connectivity index (χ3n) is 12.6. The zero-order valence-electron chi connectivity index (χ0n) is 36.0. The molecular formula is C41H50N10O10PSi+. The van der Waals surface area contributed by atoms with Crippen molar-refractivity contribution in [2.75, 3.05) is 17.2 Å². The normalized spacial score (nSPS) is 24.4. The van der Waals surface area contributed by atoms with Crippen LogP contribution >= 0.6 is 8.25 Å². The van der Waals surface area contributed by atoms with Crippen molar-refractivity contribution in [1.82, 2.24) is 39.0 Å². The van der Waals surface area contributed by atoms with Gasteiger partial charge in [-0.3, -0.25) is 23.5 Å². The van der Waals surface area contributed by atoms with Crippen LogP contribution in [0.4, 0.5) is 11.5 Å². The lowest BCUT2D eigenvalue weighted by atomic mass is 9.94. The van der Waals surface area contributed by atoms with Gasteiger partial charge in [0.1, 0.15) is 23.8 Å². The average molecular weight is 902 g/mol. The van der Waals surface area contributed by atoms with Gasteiger partial charge < -0.3 is 29.6 Å². The molecule has 4 aromatic heterocycles. The molecule has 22 heteroatoms. The summed E-state index contributed by atoms with van der Waals surface area (Å²) in [6.07, 6.45) is -0.988. The summed E-state index contributed by atoms with van der Waals surface area (Å²) in [5, 5.41) is 16.0. The number of rotatable bonds is 14. The number of ether oxygens (including phenoxy) is 2. The Morgan fingerprint density at radius 2 is 1.60 bits per heavy atom. The fourth-order valence-corrected chi connectivity index (χ4v) is 9.88. The van der Waals surface area contributed by atoms with Gasteiger partial charge in [-0.2, -0.15) is 0 Å². The number of aromatic nitrogens is 8. The molecule has 0 spiro atoms. The predicted molar refractivity (Wildman–Crippen MR) is 232 cm³/mol. The fourth-order valence-electron chi connectivity index (χ4n) is 8.13. The lowest BCUT2D eigenvalue weighted by Crippen LogP contribution is -2.49. The van der Waals surface area contributed by atoms with Crippen molar-refractivity contribution in [1.29, 1.82) is 0 Å². The van der Waals surface area contributed by atoms with Gasteiger partial charge in [-0.25, -0.2) is 29.9 Å². The van der Waals surface area contributed by atoms with Crippen molar-refractivity contribution in [2.45, 2.75) is 115 Å². The summed E-state index contributed by atoms with van der Waals surface area (Å²) in [5.74, 6) is -0.0358. The molecule has 2 aromatic carbocycles. The van der Waals surface area contributed by atoms with Crippen LogP contribution in [-0.4, -0.2) is 100 Å². The third kappa shape index (κ3) is 8.23. The summed E-state index contributed by atoms with van der Waals surface area (Å²) in [7, 11) is -5.84. The monoisotopic (exact) mass is 901 g/mol. The highest BCUT2D eigenvalue weighted by Crippen LogP contribution is 2.46. The Balaban J connectivity index is 1.10. The largest absolute Gasteiger partial charge is 0.695 e. The Hall–Kier alpha value is -5.25. The molecule has 6 heterocycles. The molecule has 0 radical (unpaired) electrons. The summed E-state index contributed by atoms with van der Waals surface area (Å²) in [5.41, 5.74) is 1.68. The number of benzene rings is 1. The van der Waals surface area contributed by atoms with E-state index in [0.29, 0.717) is 28.2 Å². The van der Waals surface area contributed by atoms with E-state index in [9.17, 15) is 28.9 Å². The highest BCUT2D eigenvalue weighted by Gasteiger charge is 2.55. The number of hydrogen-bond donors (Lipinski definition) is 4. The number of aryl methyl sites for hydroxylation is 2. The lowest BCUT2D eigenvalue weighted by molar-refractivity contribution is -0.0337. The van der Waals surface area contributed by atoms with Crippen molar-refractivity contribution in [3.05, 3.63) is 92.4 Å². The van der Waals surface area contributed by atoms with Crippen LogP contribution in [0.1, 0.15) is 74.0 Å². The Morgan fingerprint density at radius 1 is 0.921 bits per heavy atom. The number of amides is 1. The maximum absolute atomic E-state index is 13.3. The van der Waals surface area contributed by atoms with E-state index < -0.39 is 76.3 Å². The summed E-state index contributed by atoms with van der Waals surface area (Å²) in [4.78, 5) is 76.9. The molecule has 332 valence electrons. The van der Waals surface area contributed by atoms with Gasteiger partial charge in [0.05, 0.1) is 48.9 Å². The molecule has 2 aliphatic heterocycles. The van der Waals surface area contributed by atoms with Gasteiger partial charge in [-0.15, -0.1) is 9.42 Å². The first-order valence-electron chi connectivity index (χ1n) is 20.6. The second kappa shape index (κ2) is 17.0. The van der Waals surface area contributed by atoms with Crippen LogP contribution in [0.2, 0.25) is 18.1 Å². The second-order valence-corrected chi connectivity index (χ2v) is 23.0. The number of carbonyl (C=O) groups is 1. The number of fused-ring (bicyclic) bond motifs is 2. The van der Waals surface area contributed by atoms with Gasteiger partial charge in [0, 0.05) is 21.6 Å². The smallest absolute Gasteiger partial charge is 0.406 e. The minimum atomic E-state index is -3.17. The molecule has 9 atom stereocenters. The van der Waals surface area contributed by atoms with E-state index >= 15 is 0 Å². The van der Waals surface area contributed by atoms with Crippen LogP contribution in [0, 0.1) is 19.8 Å². The number of hydrogen-bond acceptors (Lipinski definition) is 16. The Bertz CT molecular complexity index is 2770. The van der Waals surface area contributed by atoms with E-state index in [0.717, 1.165) is 0 Å². The van der Waals surface area contributed by atoms with E-state index in [-0.39, 0.29) is 58.6 Å². The number of nitrogens with one attached hydrogen (secondary N) is 2. The Kier molecular flexibility index (Phi) is 12.0. The van der Waals surface area contributed by atoms with Crippen LogP contribution in [0.25, 0.3) is 22.3 Å². The van der Waals surface area contributed by atoms with Gasteiger partial charge in [0.25, 0.3) is 5.91 Å². The SMILES string of the molecule is Cc1nc(C)c2ncn([C@@H]3O[C@H](CO)[C@H](C)C3Nc3c(CC[C@H]4O[C@@H](n5cnc6c(NC(=O)c7ccccc7)ncnc65)C(O[Si](C)(C)C(C)(C)C)[C@H]4O[P+](=O)O)c(=O)c3=O)c2n1. The summed E-state index contributed by atoms with van der Waals surface area (Å²) < 4.78 is 41.6. The molecule has 63 heavy (non-hydrogen) atoms. The topological polar surface area (TPSA) is 257 Å². The first-order chi connectivity index (χ1) is 29.9. The van der Waals surface area contributed by atoms with E-state index in [1.54, 1.807) is 52.7 Å². The maximum Gasteiger partial charge on any atom is 0.695 e. The van der Waals surface area contributed by atoms with Gasteiger partial charge >= 0.3 is 8.25 Å². The van der Waals surface area contributed by atoms with Crippen LogP contribution in [0.15, 0.2) is 58.9 Å². The molecule has 4 N–H and O–H groups in total. The predicted octanol–water partition coefficient (Wildman–Crippen LogP) is 4.39. The maximum atomic E-state index is 13.3. The van der Waals surface area contributed by atoms with Gasteiger partial charge in [-0.05, 0) is 57.0 Å². The number of aliphatic hydroxyl groups is 1. The molecule has 2 saturated heterocycles. The van der Waals surface area contributed by atoms with E-state index in [1.807, 2.05) is 26.9 Å². The molecular weight excluding hydrogens is 852 g/mol. The van der Waals surface area contributed by atoms with Crippen molar-refractivity contribution in [3.63, 3.8) is 0 Å². The standard InChI is InChI=1S/C41H49N10O10PSi/c1-20-26(16-52)59-39(51-18-44-28-21(2)46-22(3)47-37(28)51)27(20)48-29-24(31(53)32(29)54)14-15-25-33(60-62(56)57)34(61-63(7,8)41(4,5)6)40(58-25)50-19-45-30-35(42-17-43-36(30)50)49-38(55)23-12-10-9-11-13-23/h9-13,17-20,25-27,33-34,39-40,52H,14-16H2,1-8H3,(H2-,42,43,48,49,53,55,56,57)/p+1/t20-,25+,26+,27?,33-,34?,39+,40+/m0/s1. The highest BCUT2D eigenvalue weighted by molar-refractivity contribution is 7.32. The number of aliphatic hydroxyl groups excluding tert-OH is 1. The van der Waals surface area contributed by atoms with Gasteiger partial charge in [0.15, 0.2) is 49.5 Å². The van der Waals surface area contributed by atoms with Gasteiger partial charge in [0.2, 0.25) is 10.9 Å². The van der Waals surface area contributed by atoms with Crippen molar-refractivity contribution < 1.29 is 37.8 Å². The summed E-state index contributed by atoms with van der Waals surface area (Å²) in [6.45, 7) is 15.4. The summed E-state index contributed by atoms with van der Waals surface area (Å²) in [6, 6.07) is 8.04. The number of imidazole rings is 2. The first-order valence-corrected chi connectivity index (χ1v) is 24.6. The fraction of sp³-hybridized carbons (Fsp3) is 0.488. The van der Waals surface area contributed by atoms with Gasteiger partial charge in [-0.1, -0.05) is 45.9 Å². The minimum Gasteiger partial charge on any atom is -0.406 e.